The second-order valence-corrected chi connectivity index (χ2v) is 4.52. The number of hydrogen-bond acceptors (Lipinski definition) is 4. The van der Waals surface area contributed by atoms with Crippen molar-refractivity contribution in [2.75, 3.05) is 0 Å². The van der Waals surface area contributed by atoms with E-state index in [2.05, 4.69) is 0 Å². The maximum absolute atomic E-state index is 11.1. The largest absolute Gasteiger partial charge is 0.458 e. The Morgan fingerprint density at radius 3 is 2.71 bits per heavy atom. The van der Waals surface area contributed by atoms with Gasteiger partial charge in [0.15, 0.2) is 5.09 Å². The molecule has 0 aromatic carbocycles. The fraction of sp³-hybridized carbons (Fsp3) is 0.300. The van der Waals surface area contributed by atoms with Crippen LogP contribution in [0.1, 0.15) is 13.8 Å². The van der Waals surface area contributed by atoms with Gasteiger partial charge in [0.2, 0.25) is 0 Å². The number of furan rings is 1. The SMILES string of the molecule is CC1(C)OC(=O)C=C1Sc1ccco1. The lowest BCUT2D eigenvalue weighted by atomic mass is 10.1. The first-order valence-electron chi connectivity index (χ1n) is 4.24. The summed E-state index contributed by atoms with van der Waals surface area (Å²) in [6.45, 7) is 3.72. The van der Waals surface area contributed by atoms with Gasteiger partial charge in [-0.05, 0) is 26.0 Å². The second kappa shape index (κ2) is 3.20. The highest BCUT2D eigenvalue weighted by Gasteiger charge is 2.35. The summed E-state index contributed by atoms with van der Waals surface area (Å²) in [7, 11) is 0. The van der Waals surface area contributed by atoms with Crippen molar-refractivity contribution >= 4 is 17.7 Å². The first kappa shape index (κ1) is 9.40. The standard InChI is InChI=1S/C10H10O3S/c1-10(2)7(6-8(11)13-10)14-9-4-3-5-12-9/h3-6H,1-2H3. The van der Waals surface area contributed by atoms with Gasteiger partial charge in [0.25, 0.3) is 0 Å². The van der Waals surface area contributed by atoms with Crippen molar-refractivity contribution in [2.45, 2.75) is 24.5 Å². The van der Waals surface area contributed by atoms with E-state index in [1.165, 1.54) is 17.8 Å². The van der Waals surface area contributed by atoms with Crippen molar-refractivity contribution in [3.05, 3.63) is 29.4 Å². The smallest absolute Gasteiger partial charge is 0.332 e. The molecule has 3 nitrogen and oxygen atoms in total. The quantitative estimate of drug-likeness (QED) is 0.703. The highest BCUT2D eigenvalue weighted by atomic mass is 32.2. The number of carbonyl (C=O) groups excluding carboxylic acids is 1. The van der Waals surface area contributed by atoms with Crippen molar-refractivity contribution in [2.24, 2.45) is 0 Å². The molecule has 1 aliphatic heterocycles. The average molecular weight is 210 g/mol. The molecule has 0 fully saturated rings. The third-order valence-electron chi connectivity index (χ3n) is 1.90. The van der Waals surface area contributed by atoms with Gasteiger partial charge in [-0.3, -0.25) is 0 Å². The molecule has 2 rings (SSSR count). The Balaban J connectivity index is 2.19. The Morgan fingerprint density at radius 1 is 1.43 bits per heavy atom. The van der Waals surface area contributed by atoms with Gasteiger partial charge >= 0.3 is 5.97 Å². The molecule has 1 aromatic heterocycles. The molecule has 0 saturated heterocycles. The van der Waals surface area contributed by atoms with Crippen LogP contribution in [-0.4, -0.2) is 11.6 Å². The van der Waals surface area contributed by atoms with Gasteiger partial charge in [0.05, 0.1) is 6.26 Å². The summed E-state index contributed by atoms with van der Waals surface area (Å²) in [5.41, 5.74) is -0.533. The van der Waals surface area contributed by atoms with Gasteiger partial charge in [-0.15, -0.1) is 0 Å². The molecule has 0 atom stereocenters. The molecule has 14 heavy (non-hydrogen) atoms. The van der Waals surface area contributed by atoms with Gasteiger partial charge in [-0.1, -0.05) is 11.8 Å². The predicted octanol–water partition coefficient (Wildman–Crippen LogP) is 2.59. The number of hydrogen-bond donors (Lipinski definition) is 0. The van der Waals surface area contributed by atoms with Crippen LogP contribution in [-0.2, 0) is 9.53 Å². The molecule has 0 unspecified atom stereocenters. The number of esters is 1. The topological polar surface area (TPSA) is 39.4 Å². The molecular weight excluding hydrogens is 200 g/mol. The Kier molecular flexibility index (Phi) is 2.15. The van der Waals surface area contributed by atoms with E-state index >= 15 is 0 Å². The number of thioether (sulfide) groups is 1. The van der Waals surface area contributed by atoms with Crippen LogP contribution in [0.15, 0.2) is 38.9 Å². The zero-order valence-electron chi connectivity index (χ0n) is 7.94. The lowest BCUT2D eigenvalue weighted by Crippen LogP contribution is -2.21. The van der Waals surface area contributed by atoms with E-state index in [1.54, 1.807) is 6.26 Å². The minimum atomic E-state index is -0.533. The first-order chi connectivity index (χ1) is 6.58. The Hall–Kier alpha value is -1.16. The van der Waals surface area contributed by atoms with E-state index in [1.807, 2.05) is 26.0 Å². The second-order valence-electron chi connectivity index (χ2n) is 3.47. The summed E-state index contributed by atoms with van der Waals surface area (Å²) in [4.78, 5) is 11.9. The van der Waals surface area contributed by atoms with Crippen molar-refractivity contribution < 1.29 is 13.9 Å². The Labute approximate surface area is 86.1 Å². The van der Waals surface area contributed by atoms with Crippen LogP contribution in [0, 0.1) is 0 Å². The summed E-state index contributed by atoms with van der Waals surface area (Å²) in [6.07, 6.45) is 3.11. The van der Waals surface area contributed by atoms with Crippen LogP contribution >= 0.6 is 11.8 Å². The van der Waals surface area contributed by atoms with Gasteiger partial charge < -0.3 is 9.15 Å². The highest BCUT2D eigenvalue weighted by molar-refractivity contribution is 8.03. The van der Waals surface area contributed by atoms with Gasteiger partial charge in [0, 0.05) is 11.0 Å². The highest BCUT2D eigenvalue weighted by Crippen LogP contribution is 2.39. The van der Waals surface area contributed by atoms with Crippen LogP contribution in [0.5, 0.6) is 0 Å². The predicted molar refractivity (Wildman–Crippen MR) is 52.8 cm³/mol. The number of ether oxygens (including phenoxy) is 1. The Bertz CT molecular complexity index is 376. The van der Waals surface area contributed by atoms with Crippen LogP contribution in [0.3, 0.4) is 0 Å². The Morgan fingerprint density at radius 2 is 2.21 bits per heavy atom. The van der Waals surface area contributed by atoms with Gasteiger partial charge in [-0.2, -0.15) is 0 Å². The minimum Gasteiger partial charge on any atom is -0.458 e. The van der Waals surface area contributed by atoms with E-state index in [0.717, 1.165) is 10.00 Å². The zero-order valence-corrected chi connectivity index (χ0v) is 8.76. The number of rotatable bonds is 2. The van der Waals surface area contributed by atoms with Gasteiger partial charge in [-0.25, -0.2) is 4.79 Å². The van der Waals surface area contributed by atoms with Crippen LogP contribution in [0.2, 0.25) is 0 Å². The molecule has 0 aliphatic carbocycles. The molecule has 0 saturated carbocycles. The van der Waals surface area contributed by atoms with E-state index in [0.29, 0.717) is 0 Å². The minimum absolute atomic E-state index is 0.288. The fourth-order valence-electron chi connectivity index (χ4n) is 1.19. The molecular formula is C10H10O3S. The molecule has 1 aliphatic rings. The average Bonchev–Trinajstić information content (AvgIpc) is 2.61. The summed E-state index contributed by atoms with van der Waals surface area (Å²) >= 11 is 1.42. The summed E-state index contributed by atoms with van der Waals surface area (Å²) < 4.78 is 10.3. The first-order valence-corrected chi connectivity index (χ1v) is 5.06. The summed E-state index contributed by atoms with van der Waals surface area (Å²) in [5, 5.41) is 0.766. The number of cyclic esters (lactones) is 1. The van der Waals surface area contributed by atoms with Crippen LogP contribution in [0.4, 0.5) is 0 Å². The van der Waals surface area contributed by atoms with Crippen molar-refractivity contribution in [1.29, 1.82) is 0 Å². The molecule has 0 amide bonds. The van der Waals surface area contributed by atoms with Crippen molar-refractivity contribution in [3.8, 4) is 0 Å². The fourth-order valence-corrected chi connectivity index (χ4v) is 2.10. The third-order valence-corrected chi connectivity index (χ3v) is 3.17. The normalized spacial score (nSPS) is 19.3. The van der Waals surface area contributed by atoms with Crippen molar-refractivity contribution in [1.82, 2.24) is 0 Å². The molecule has 74 valence electrons. The van der Waals surface area contributed by atoms with Crippen molar-refractivity contribution in [3.63, 3.8) is 0 Å². The molecule has 0 spiro atoms. The lowest BCUT2D eigenvalue weighted by Gasteiger charge is -2.19. The van der Waals surface area contributed by atoms with E-state index in [4.69, 9.17) is 9.15 Å². The third kappa shape index (κ3) is 1.70. The van der Waals surface area contributed by atoms with E-state index in [9.17, 15) is 4.79 Å². The number of carbonyl (C=O) groups is 1. The monoisotopic (exact) mass is 210 g/mol. The van der Waals surface area contributed by atoms with Gasteiger partial charge in [0.1, 0.15) is 5.60 Å². The summed E-state index contributed by atoms with van der Waals surface area (Å²) in [6, 6.07) is 3.66. The summed E-state index contributed by atoms with van der Waals surface area (Å²) in [5.74, 6) is -0.288. The molecule has 4 heteroatoms. The maximum atomic E-state index is 11.1. The maximum Gasteiger partial charge on any atom is 0.332 e. The molecule has 0 radical (unpaired) electrons. The molecule has 1 aromatic rings. The van der Waals surface area contributed by atoms with Crippen LogP contribution in [0.25, 0.3) is 0 Å². The van der Waals surface area contributed by atoms with E-state index < -0.39 is 5.60 Å². The molecule has 0 N–H and O–H groups in total. The van der Waals surface area contributed by atoms with Crippen LogP contribution < -0.4 is 0 Å². The van der Waals surface area contributed by atoms with E-state index in [-0.39, 0.29) is 5.97 Å². The lowest BCUT2D eigenvalue weighted by molar-refractivity contribution is -0.143. The molecule has 2 heterocycles. The zero-order chi connectivity index (χ0) is 10.2. The molecule has 0 bridgehead atoms.